The molecule has 42 heavy (non-hydrogen) atoms. The number of aryl methyl sites for hydroxylation is 1. The molecule has 0 bridgehead atoms. The lowest BCUT2D eigenvalue weighted by molar-refractivity contribution is -0.141. The van der Waals surface area contributed by atoms with Gasteiger partial charge in [-0.05, 0) is 54.7 Å². The van der Waals surface area contributed by atoms with E-state index in [0.717, 1.165) is 22.9 Å². The van der Waals surface area contributed by atoms with Crippen molar-refractivity contribution >= 4 is 27.5 Å². The Morgan fingerprint density at radius 1 is 0.929 bits per heavy atom. The lowest BCUT2D eigenvalue weighted by atomic mass is 10.0. The zero-order valence-electron chi connectivity index (χ0n) is 25.2. The second kappa shape index (κ2) is 15.4. The number of hydrogen-bond acceptors (Lipinski definition) is 5. The third kappa shape index (κ3) is 9.91. The molecule has 0 saturated heterocycles. The van der Waals surface area contributed by atoms with Crippen LogP contribution in [0.4, 0.5) is 5.69 Å². The van der Waals surface area contributed by atoms with Crippen LogP contribution in [0.1, 0.15) is 43.4 Å². The van der Waals surface area contributed by atoms with Gasteiger partial charge in [-0.1, -0.05) is 74.0 Å². The Labute approximate surface area is 250 Å². The number of ether oxygens (including phenoxy) is 1. The van der Waals surface area contributed by atoms with Crippen molar-refractivity contribution in [2.45, 2.75) is 52.6 Å². The van der Waals surface area contributed by atoms with Crippen molar-refractivity contribution < 1.29 is 22.7 Å². The van der Waals surface area contributed by atoms with Gasteiger partial charge in [0.1, 0.15) is 11.8 Å². The molecular formula is C33H43N3O5S. The first kappa shape index (κ1) is 32.7. The number of benzene rings is 3. The summed E-state index contributed by atoms with van der Waals surface area (Å²) in [6, 6.07) is 23.6. The summed E-state index contributed by atoms with van der Waals surface area (Å²) in [5.41, 5.74) is 3.44. The van der Waals surface area contributed by atoms with Crippen molar-refractivity contribution in [3.05, 3.63) is 95.6 Å². The van der Waals surface area contributed by atoms with E-state index in [2.05, 4.69) is 5.32 Å². The fourth-order valence-electron chi connectivity index (χ4n) is 4.74. The second-order valence-electron chi connectivity index (χ2n) is 11.0. The quantitative estimate of drug-likeness (QED) is 0.269. The highest BCUT2D eigenvalue weighted by Gasteiger charge is 2.30. The zero-order valence-corrected chi connectivity index (χ0v) is 26.1. The van der Waals surface area contributed by atoms with E-state index < -0.39 is 16.1 Å². The minimum absolute atomic E-state index is 0.0801. The average molecular weight is 594 g/mol. The Balaban J connectivity index is 1.87. The lowest BCUT2D eigenvalue weighted by Crippen LogP contribution is -2.51. The Morgan fingerprint density at radius 3 is 2.19 bits per heavy atom. The number of nitrogens with zero attached hydrogens (tertiary/aromatic N) is 2. The van der Waals surface area contributed by atoms with E-state index in [1.165, 1.54) is 4.31 Å². The summed E-state index contributed by atoms with van der Waals surface area (Å²) in [5, 5.41) is 3.03. The number of anilines is 1. The van der Waals surface area contributed by atoms with Crippen molar-refractivity contribution in [2.75, 3.05) is 30.8 Å². The molecule has 0 fully saturated rings. The first-order chi connectivity index (χ1) is 20.0. The maximum Gasteiger partial charge on any atom is 0.243 e. The highest BCUT2D eigenvalue weighted by atomic mass is 32.2. The van der Waals surface area contributed by atoms with Crippen molar-refractivity contribution in [3.8, 4) is 5.75 Å². The molecule has 3 aromatic rings. The van der Waals surface area contributed by atoms with Crippen LogP contribution in [0, 0.1) is 12.8 Å². The highest BCUT2D eigenvalue weighted by molar-refractivity contribution is 7.92. The molecule has 0 aliphatic rings. The molecule has 0 aliphatic carbocycles. The van der Waals surface area contributed by atoms with Crippen LogP contribution in [-0.4, -0.2) is 57.6 Å². The average Bonchev–Trinajstić information content (AvgIpc) is 2.95. The summed E-state index contributed by atoms with van der Waals surface area (Å²) in [4.78, 5) is 29.2. The molecule has 3 aromatic carbocycles. The normalized spacial score (nSPS) is 12.0. The molecule has 9 heteroatoms. The van der Waals surface area contributed by atoms with Gasteiger partial charge in [0.2, 0.25) is 21.8 Å². The van der Waals surface area contributed by atoms with E-state index >= 15 is 0 Å². The van der Waals surface area contributed by atoms with E-state index in [1.54, 1.807) is 36.3 Å². The van der Waals surface area contributed by atoms with E-state index in [4.69, 9.17) is 4.74 Å². The maximum atomic E-state index is 13.9. The van der Waals surface area contributed by atoms with Crippen LogP contribution in [0.5, 0.6) is 5.75 Å². The molecule has 8 nitrogen and oxygen atoms in total. The fraction of sp³-hybridized carbons (Fsp3) is 0.394. The number of amides is 2. The van der Waals surface area contributed by atoms with Gasteiger partial charge in [-0.3, -0.25) is 13.9 Å². The van der Waals surface area contributed by atoms with Crippen molar-refractivity contribution in [1.82, 2.24) is 10.2 Å². The molecular weight excluding hydrogens is 550 g/mol. The van der Waals surface area contributed by atoms with Crippen LogP contribution in [-0.2, 0) is 32.6 Å². The molecule has 1 N–H and O–H groups in total. The first-order valence-electron chi connectivity index (χ1n) is 14.3. The molecule has 0 aromatic heterocycles. The summed E-state index contributed by atoms with van der Waals surface area (Å²) >= 11 is 0. The molecule has 3 rings (SSSR count). The maximum absolute atomic E-state index is 13.9. The summed E-state index contributed by atoms with van der Waals surface area (Å²) in [5.74, 6) is 0.464. The SMILES string of the molecule is COc1ccc(N(CCCC(=O)N(Cc2cccc(C)c2)C(Cc2ccccc2)C(=O)NCC(C)C)S(C)(=O)=O)cc1. The monoisotopic (exact) mass is 593 g/mol. The minimum atomic E-state index is -3.59. The summed E-state index contributed by atoms with van der Waals surface area (Å²) in [6.07, 6.45) is 1.88. The molecule has 226 valence electrons. The lowest BCUT2D eigenvalue weighted by Gasteiger charge is -2.32. The van der Waals surface area contributed by atoms with E-state index in [-0.39, 0.29) is 43.7 Å². The molecule has 0 aliphatic heterocycles. The molecule has 0 saturated carbocycles. The van der Waals surface area contributed by atoms with Crippen molar-refractivity contribution in [1.29, 1.82) is 0 Å². The second-order valence-corrected chi connectivity index (χ2v) is 12.9. The van der Waals surface area contributed by atoms with Gasteiger partial charge < -0.3 is 15.0 Å². The van der Waals surface area contributed by atoms with E-state index in [1.807, 2.05) is 75.4 Å². The van der Waals surface area contributed by atoms with Crippen LogP contribution in [0.2, 0.25) is 0 Å². The predicted octanol–water partition coefficient (Wildman–Crippen LogP) is 4.96. The van der Waals surface area contributed by atoms with Crippen LogP contribution in [0.15, 0.2) is 78.9 Å². The Bertz CT molecular complexity index is 1410. The Hall–Kier alpha value is -3.85. The van der Waals surface area contributed by atoms with Gasteiger partial charge in [-0.15, -0.1) is 0 Å². The number of carbonyl (C=O) groups is 2. The van der Waals surface area contributed by atoms with Crippen LogP contribution in [0.25, 0.3) is 0 Å². The van der Waals surface area contributed by atoms with Gasteiger partial charge in [0.05, 0.1) is 19.1 Å². The van der Waals surface area contributed by atoms with Crippen LogP contribution in [0.3, 0.4) is 0 Å². The summed E-state index contributed by atoms with van der Waals surface area (Å²) in [7, 11) is -2.04. The van der Waals surface area contributed by atoms with Gasteiger partial charge in [0.15, 0.2) is 0 Å². The van der Waals surface area contributed by atoms with Gasteiger partial charge in [0.25, 0.3) is 0 Å². The summed E-state index contributed by atoms with van der Waals surface area (Å²) < 4.78 is 31.8. The third-order valence-electron chi connectivity index (χ3n) is 6.90. The Kier molecular flexibility index (Phi) is 12.0. The van der Waals surface area contributed by atoms with Crippen LogP contribution < -0.4 is 14.4 Å². The Morgan fingerprint density at radius 2 is 1.60 bits per heavy atom. The minimum Gasteiger partial charge on any atom is -0.497 e. The number of sulfonamides is 1. The topological polar surface area (TPSA) is 96.0 Å². The van der Waals surface area contributed by atoms with E-state index in [0.29, 0.717) is 24.4 Å². The molecule has 1 atom stereocenters. The standard InChI is InChI=1S/C33H43N3O5S/c1-25(2)23-34-33(38)31(22-27-12-7-6-8-13-27)35(24-28-14-9-11-26(3)21-28)32(37)15-10-20-36(42(5,39)40)29-16-18-30(41-4)19-17-29/h6-9,11-14,16-19,21,25,31H,10,15,20,22-24H2,1-5H3,(H,34,38). The number of rotatable bonds is 15. The first-order valence-corrected chi connectivity index (χ1v) is 16.1. The molecule has 0 heterocycles. The number of hydrogen-bond donors (Lipinski definition) is 1. The molecule has 2 amide bonds. The molecule has 1 unspecified atom stereocenters. The fourth-order valence-corrected chi connectivity index (χ4v) is 5.70. The largest absolute Gasteiger partial charge is 0.497 e. The summed E-state index contributed by atoms with van der Waals surface area (Å²) in [6.45, 7) is 6.93. The smallest absolute Gasteiger partial charge is 0.243 e. The van der Waals surface area contributed by atoms with Crippen molar-refractivity contribution in [2.24, 2.45) is 5.92 Å². The van der Waals surface area contributed by atoms with E-state index in [9.17, 15) is 18.0 Å². The predicted molar refractivity (Wildman–Crippen MR) is 168 cm³/mol. The van der Waals surface area contributed by atoms with Crippen molar-refractivity contribution in [3.63, 3.8) is 0 Å². The number of carbonyl (C=O) groups excluding carboxylic acids is 2. The zero-order chi connectivity index (χ0) is 30.7. The molecule has 0 radical (unpaired) electrons. The third-order valence-corrected chi connectivity index (χ3v) is 8.10. The van der Waals surface area contributed by atoms with Gasteiger partial charge in [-0.2, -0.15) is 0 Å². The number of nitrogens with one attached hydrogen (secondary N) is 1. The van der Waals surface area contributed by atoms with Crippen LogP contribution >= 0.6 is 0 Å². The molecule has 0 spiro atoms. The number of methoxy groups -OCH3 is 1. The van der Waals surface area contributed by atoms with Gasteiger partial charge in [-0.25, -0.2) is 8.42 Å². The van der Waals surface area contributed by atoms with Gasteiger partial charge >= 0.3 is 0 Å². The van der Waals surface area contributed by atoms with Gasteiger partial charge in [0, 0.05) is 32.5 Å². The highest BCUT2D eigenvalue weighted by Crippen LogP contribution is 2.23.